The first-order chi connectivity index (χ1) is 7.66. The molecule has 0 unspecified atom stereocenters. The quantitative estimate of drug-likeness (QED) is 0.767. The molecule has 1 aromatic rings. The third kappa shape index (κ3) is 2.21. The molecule has 0 radical (unpaired) electrons. The topological polar surface area (TPSA) is 44.7 Å². The van der Waals surface area contributed by atoms with Crippen LogP contribution in [0.1, 0.15) is 18.5 Å². The van der Waals surface area contributed by atoms with Crippen LogP contribution in [0.25, 0.3) is 0 Å². The summed E-state index contributed by atoms with van der Waals surface area (Å²) in [5, 5.41) is 2.73. The average Bonchev–Trinajstić information content (AvgIpc) is 2.61. The molecule has 0 saturated heterocycles. The maximum Gasteiger partial charge on any atom is 0.223 e. The van der Waals surface area contributed by atoms with E-state index in [1.165, 1.54) is 12.5 Å². The fourth-order valence-electron chi connectivity index (χ4n) is 1.77. The lowest BCUT2D eigenvalue weighted by Crippen LogP contribution is -2.38. The van der Waals surface area contributed by atoms with Gasteiger partial charge in [0.1, 0.15) is 0 Å². The number of amides is 1. The van der Waals surface area contributed by atoms with E-state index in [-0.39, 0.29) is 11.9 Å². The Labute approximate surface area is 95.0 Å². The van der Waals surface area contributed by atoms with Gasteiger partial charge in [0.05, 0.1) is 6.04 Å². The van der Waals surface area contributed by atoms with Crippen LogP contribution >= 0.6 is 0 Å². The summed E-state index contributed by atoms with van der Waals surface area (Å²) in [6.45, 7) is 2.30. The van der Waals surface area contributed by atoms with Crippen molar-refractivity contribution in [1.82, 2.24) is 10.2 Å². The molecule has 2 rings (SSSR count). The lowest BCUT2D eigenvalue weighted by atomic mass is 10.1. The number of carbonyl (C=O) groups excluding carboxylic acids is 1. The maximum absolute atomic E-state index is 11.0. The fourth-order valence-corrected chi connectivity index (χ4v) is 1.77. The van der Waals surface area contributed by atoms with Gasteiger partial charge in [-0.25, -0.2) is 4.99 Å². The number of nitrogens with one attached hydrogen (secondary N) is 1. The highest BCUT2D eigenvalue weighted by Gasteiger charge is 2.23. The fraction of sp³-hybridized carbons (Fsp3) is 0.333. The van der Waals surface area contributed by atoms with Crippen LogP contribution in [0.5, 0.6) is 0 Å². The van der Waals surface area contributed by atoms with Crippen LogP contribution in [0.3, 0.4) is 0 Å². The van der Waals surface area contributed by atoms with Crippen LogP contribution in [0, 0.1) is 0 Å². The van der Waals surface area contributed by atoms with Crippen molar-refractivity contribution < 1.29 is 4.79 Å². The molecule has 1 aliphatic rings. The van der Waals surface area contributed by atoms with Crippen molar-refractivity contribution in [1.29, 1.82) is 0 Å². The predicted molar refractivity (Wildman–Crippen MR) is 63.1 cm³/mol. The molecule has 0 saturated carbocycles. The number of aliphatic imine (C=N–C) groups is 1. The van der Waals surface area contributed by atoms with Gasteiger partial charge in [0, 0.05) is 20.5 Å². The van der Waals surface area contributed by atoms with E-state index in [4.69, 9.17) is 0 Å². The minimum Gasteiger partial charge on any atom is -0.343 e. The molecule has 0 aromatic heterocycles. The first-order valence-corrected chi connectivity index (χ1v) is 5.28. The number of guanidine groups is 1. The Hall–Kier alpha value is -1.84. The van der Waals surface area contributed by atoms with Crippen LogP contribution in [0.2, 0.25) is 0 Å². The van der Waals surface area contributed by atoms with Gasteiger partial charge in [-0.05, 0) is 5.56 Å². The lowest BCUT2D eigenvalue weighted by molar-refractivity contribution is -0.117. The SMILES string of the molecule is CC(=O)NC1=N[C@H](c2ccccc2)CN1C. The van der Waals surface area contributed by atoms with Gasteiger partial charge < -0.3 is 4.90 Å². The summed E-state index contributed by atoms with van der Waals surface area (Å²) in [5.41, 5.74) is 1.18. The predicted octanol–water partition coefficient (Wildman–Crippen LogP) is 1.17. The molecule has 16 heavy (non-hydrogen) atoms. The zero-order valence-electron chi connectivity index (χ0n) is 9.47. The Morgan fingerprint density at radius 1 is 1.44 bits per heavy atom. The summed E-state index contributed by atoms with van der Waals surface area (Å²) in [7, 11) is 1.93. The Morgan fingerprint density at radius 2 is 2.12 bits per heavy atom. The van der Waals surface area contributed by atoms with Crippen molar-refractivity contribution in [2.45, 2.75) is 13.0 Å². The van der Waals surface area contributed by atoms with Gasteiger partial charge in [0.25, 0.3) is 0 Å². The van der Waals surface area contributed by atoms with Crippen molar-refractivity contribution >= 4 is 11.9 Å². The molecule has 1 aliphatic heterocycles. The van der Waals surface area contributed by atoms with E-state index in [0.29, 0.717) is 5.96 Å². The number of nitrogens with zero attached hydrogens (tertiary/aromatic N) is 2. The smallest absolute Gasteiger partial charge is 0.223 e. The summed E-state index contributed by atoms with van der Waals surface area (Å²) >= 11 is 0. The normalized spacial score (nSPS) is 19.5. The molecule has 0 fully saturated rings. The molecule has 0 aliphatic carbocycles. The van der Waals surface area contributed by atoms with E-state index in [9.17, 15) is 4.79 Å². The molecule has 1 atom stereocenters. The van der Waals surface area contributed by atoms with Gasteiger partial charge in [-0.2, -0.15) is 0 Å². The van der Waals surface area contributed by atoms with Gasteiger partial charge >= 0.3 is 0 Å². The van der Waals surface area contributed by atoms with Gasteiger partial charge in [-0.15, -0.1) is 0 Å². The highest BCUT2D eigenvalue weighted by atomic mass is 16.1. The zero-order chi connectivity index (χ0) is 11.5. The van der Waals surface area contributed by atoms with Crippen LogP contribution in [0.15, 0.2) is 35.3 Å². The summed E-state index contributed by atoms with van der Waals surface area (Å²) < 4.78 is 0. The Balaban J connectivity index is 2.16. The van der Waals surface area contributed by atoms with Crippen molar-refractivity contribution in [3.8, 4) is 0 Å². The second-order valence-electron chi connectivity index (χ2n) is 3.94. The lowest BCUT2D eigenvalue weighted by Gasteiger charge is -2.13. The van der Waals surface area contributed by atoms with Gasteiger partial charge in [0.15, 0.2) is 0 Å². The zero-order valence-corrected chi connectivity index (χ0v) is 9.47. The van der Waals surface area contributed by atoms with Gasteiger partial charge in [-0.3, -0.25) is 10.1 Å². The largest absolute Gasteiger partial charge is 0.343 e. The van der Waals surface area contributed by atoms with E-state index in [2.05, 4.69) is 22.4 Å². The number of carbonyl (C=O) groups is 1. The molecule has 0 bridgehead atoms. The summed E-state index contributed by atoms with van der Waals surface area (Å²) in [6, 6.07) is 10.2. The third-order valence-corrected chi connectivity index (χ3v) is 2.56. The molecular weight excluding hydrogens is 202 g/mol. The summed E-state index contributed by atoms with van der Waals surface area (Å²) in [6.07, 6.45) is 0. The van der Waals surface area contributed by atoms with E-state index in [1.54, 1.807) is 0 Å². The first kappa shape index (κ1) is 10.7. The molecule has 0 spiro atoms. The van der Waals surface area contributed by atoms with Crippen LogP contribution in [0.4, 0.5) is 0 Å². The van der Waals surface area contributed by atoms with Crippen molar-refractivity contribution in [2.75, 3.05) is 13.6 Å². The van der Waals surface area contributed by atoms with Crippen LogP contribution in [-0.2, 0) is 4.79 Å². The number of rotatable bonds is 1. The van der Waals surface area contributed by atoms with E-state index < -0.39 is 0 Å². The molecule has 1 N–H and O–H groups in total. The van der Waals surface area contributed by atoms with Crippen LogP contribution in [-0.4, -0.2) is 30.4 Å². The van der Waals surface area contributed by atoms with E-state index >= 15 is 0 Å². The second-order valence-corrected chi connectivity index (χ2v) is 3.94. The van der Waals surface area contributed by atoms with E-state index in [1.807, 2.05) is 30.1 Å². The molecule has 1 aromatic carbocycles. The Kier molecular flexibility index (Phi) is 2.90. The number of hydrogen-bond acceptors (Lipinski definition) is 3. The molecular formula is C12H15N3O. The number of benzene rings is 1. The molecule has 1 amide bonds. The average molecular weight is 217 g/mol. The molecule has 84 valence electrons. The van der Waals surface area contributed by atoms with Gasteiger partial charge in [0.2, 0.25) is 11.9 Å². The molecule has 4 nitrogen and oxygen atoms in total. The first-order valence-electron chi connectivity index (χ1n) is 5.28. The Morgan fingerprint density at radius 3 is 2.75 bits per heavy atom. The van der Waals surface area contributed by atoms with Crippen molar-refractivity contribution in [3.05, 3.63) is 35.9 Å². The second kappa shape index (κ2) is 4.35. The van der Waals surface area contributed by atoms with Crippen LogP contribution < -0.4 is 5.32 Å². The standard InChI is InChI=1S/C12H15N3O/c1-9(16)13-12-14-11(8-15(12)2)10-6-4-3-5-7-10/h3-7,11H,8H2,1-2H3,(H,13,14,16)/t11-/m0/s1. The maximum atomic E-state index is 11.0. The van der Waals surface area contributed by atoms with Crippen molar-refractivity contribution in [3.63, 3.8) is 0 Å². The highest BCUT2D eigenvalue weighted by molar-refractivity contribution is 5.96. The number of likely N-dealkylation sites (N-methyl/N-ethyl adjacent to an activating group) is 1. The minimum atomic E-state index is -0.0840. The highest BCUT2D eigenvalue weighted by Crippen LogP contribution is 2.22. The summed E-state index contributed by atoms with van der Waals surface area (Å²) in [4.78, 5) is 17.4. The minimum absolute atomic E-state index is 0.0840. The van der Waals surface area contributed by atoms with Crippen molar-refractivity contribution in [2.24, 2.45) is 4.99 Å². The third-order valence-electron chi connectivity index (χ3n) is 2.56. The Bertz CT molecular complexity index is 414. The molecule has 1 heterocycles. The monoisotopic (exact) mass is 217 g/mol. The molecule has 4 heteroatoms. The van der Waals surface area contributed by atoms with Gasteiger partial charge in [-0.1, -0.05) is 30.3 Å². The number of hydrogen-bond donors (Lipinski definition) is 1. The van der Waals surface area contributed by atoms with E-state index in [0.717, 1.165) is 6.54 Å². The summed E-state index contributed by atoms with van der Waals surface area (Å²) in [5.74, 6) is 0.570.